The number of nitrogens with two attached hydrogens (primary N) is 1. The standard InChI is InChI=1S/C10H15ClN4O2/c1-4-15-8(16)7(11)6(5-13-15)14-10(2,3)9(12)17/h5,14H,4H2,1-3H3,(H2,12,17). The van der Waals surface area contributed by atoms with Crippen LogP contribution in [0.15, 0.2) is 11.0 Å². The van der Waals surface area contributed by atoms with Gasteiger partial charge < -0.3 is 11.1 Å². The second kappa shape index (κ2) is 4.75. The van der Waals surface area contributed by atoms with Gasteiger partial charge in [-0.15, -0.1) is 0 Å². The number of nitrogens with one attached hydrogen (secondary N) is 1. The molecule has 0 fully saturated rings. The number of carbonyl (C=O) groups is 1. The Morgan fingerprint density at radius 3 is 2.71 bits per heavy atom. The third-order valence-electron chi connectivity index (χ3n) is 2.35. The third kappa shape index (κ3) is 2.76. The van der Waals surface area contributed by atoms with Gasteiger partial charge in [0.25, 0.3) is 5.56 Å². The Balaban J connectivity index is 3.14. The molecule has 0 aliphatic carbocycles. The molecule has 3 N–H and O–H groups in total. The largest absolute Gasteiger partial charge is 0.369 e. The zero-order chi connectivity index (χ0) is 13.2. The number of aromatic nitrogens is 2. The molecule has 0 spiro atoms. The van der Waals surface area contributed by atoms with Crippen molar-refractivity contribution in [3.8, 4) is 0 Å². The van der Waals surface area contributed by atoms with Crippen molar-refractivity contribution < 1.29 is 4.79 Å². The Hall–Kier alpha value is -1.56. The molecule has 0 radical (unpaired) electrons. The number of hydrogen-bond acceptors (Lipinski definition) is 4. The van der Waals surface area contributed by atoms with Gasteiger partial charge in [-0.2, -0.15) is 5.10 Å². The number of carbonyl (C=O) groups excluding carboxylic acids is 1. The molecule has 0 unspecified atom stereocenters. The van der Waals surface area contributed by atoms with Gasteiger partial charge in [-0.1, -0.05) is 11.6 Å². The summed E-state index contributed by atoms with van der Waals surface area (Å²) in [6.45, 7) is 5.40. The lowest BCUT2D eigenvalue weighted by Gasteiger charge is -2.23. The minimum Gasteiger partial charge on any atom is -0.369 e. The number of halogens is 1. The number of rotatable bonds is 4. The first-order valence-corrected chi connectivity index (χ1v) is 5.51. The highest BCUT2D eigenvalue weighted by Crippen LogP contribution is 2.20. The van der Waals surface area contributed by atoms with E-state index in [2.05, 4.69) is 10.4 Å². The average molecular weight is 259 g/mol. The molecular formula is C10H15ClN4O2. The Bertz CT molecular complexity index is 496. The van der Waals surface area contributed by atoms with Gasteiger partial charge in [0.05, 0.1) is 11.9 Å². The van der Waals surface area contributed by atoms with Gasteiger partial charge in [0.1, 0.15) is 10.6 Å². The van der Waals surface area contributed by atoms with E-state index in [9.17, 15) is 9.59 Å². The highest BCUT2D eigenvalue weighted by atomic mass is 35.5. The zero-order valence-corrected chi connectivity index (χ0v) is 10.7. The first-order valence-electron chi connectivity index (χ1n) is 5.13. The quantitative estimate of drug-likeness (QED) is 0.827. The molecule has 1 amide bonds. The summed E-state index contributed by atoms with van der Waals surface area (Å²) in [7, 11) is 0. The van der Waals surface area contributed by atoms with E-state index in [0.29, 0.717) is 12.2 Å². The van der Waals surface area contributed by atoms with Crippen molar-refractivity contribution in [2.45, 2.75) is 32.9 Å². The maximum absolute atomic E-state index is 11.7. The summed E-state index contributed by atoms with van der Waals surface area (Å²) >= 11 is 5.90. The molecule has 1 rings (SSSR count). The minimum atomic E-state index is -1.00. The number of amides is 1. The van der Waals surface area contributed by atoms with Gasteiger partial charge in [-0.3, -0.25) is 9.59 Å². The first-order chi connectivity index (χ1) is 7.79. The van der Waals surface area contributed by atoms with E-state index < -0.39 is 17.0 Å². The van der Waals surface area contributed by atoms with Crippen LogP contribution in [0.25, 0.3) is 0 Å². The summed E-state index contributed by atoms with van der Waals surface area (Å²) in [5.41, 5.74) is 4.10. The summed E-state index contributed by atoms with van der Waals surface area (Å²) in [5, 5.41) is 6.70. The number of hydrogen-bond donors (Lipinski definition) is 2. The Kier molecular flexibility index (Phi) is 3.77. The molecule has 0 aromatic carbocycles. The van der Waals surface area contributed by atoms with E-state index in [0.717, 1.165) is 0 Å². The van der Waals surface area contributed by atoms with E-state index in [4.69, 9.17) is 17.3 Å². The van der Waals surface area contributed by atoms with Crippen molar-refractivity contribution in [1.82, 2.24) is 9.78 Å². The molecule has 1 heterocycles. The maximum atomic E-state index is 11.7. The van der Waals surface area contributed by atoms with E-state index in [1.165, 1.54) is 10.9 Å². The molecule has 0 aliphatic heterocycles. The van der Waals surface area contributed by atoms with Crippen LogP contribution in [0.2, 0.25) is 5.02 Å². The predicted octanol–water partition coefficient (Wildman–Crippen LogP) is 0.592. The molecule has 94 valence electrons. The second-order valence-electron chi connectivity index (χ2n) is 4.11. The highest BCUT2D eigenvalue weighted by Gasteiger charge is 2.26. The molecular weight excluding hydrogens is 244 g/mol. The number of nitrogens with zero attached hydrogens (tertiary/aromatic N) is 2. The SMILES string of the molecule is CCn1ncc(NC(C)(C)C(N)=O)c(Cl)c1=O. The number of anilines is 1. The third-order valence-corrected chi connectivity index (χ3v) is 2.71. The Labute approximate surface area is 104 Å². The van der Waals surface area contributed by atoms with Crippen LogP contribution in [0.4, 0.5) is 5.69 Å². The van der Waals surface area contributed by atoms with Crippen molar-refractivity contribution in [2.75, 3.05) is 5.32 Å². The van der Waals surface area contributed by atoms with Crippen molar-refractivity contribution in [3.05, 3.63) is 21.6 Å². The van der Waals surface area contributed by atoms with Crippen molar-refractivity contribution in [3.63, 3.8) is 0 Å². The van der Waals surface area contributed by atoms with E-state index in [1.54, 1.807) is 20.8 Å². The summed E-state index contributed by atoms with van der Waals surface area (Å²) in [6.07, 6.45) is 1.40. The molecule has 17 heavy (non-hydrogen) atoms. The van der Waals surface area contributed by atoms with Gasteiger partial charge in [-0.05, 0) is 20.8 Å². The van der Waals surface area contributed by atoms with Gasteiger partial charge >= 0.3 is 0 Å². The lowest BCUT2D eigenvalue weighted by molar-refractivity contribution is -0.121. The predicted molar refractivity (Wildman–Crippen MR) is 66.1 cm³/mol. The highest BCUT2D eigenvalue weighted by molar-refractivity contribution is 6.33. The molecule has 1 aromatic heterocycles. The molecule has 1 aromatic rings. The van der Waals surface area contributed by atoms with Gasteiger partial charge in [-0.25, -0.2) is 4.68 Å². The van der Waals surface area contributed by atoms with Gasteiger partial charge in [0.15, 0.2) is 0 Å². The van der Waals surface area contributed by atoms with Gasteiger partial charge in [0, 0.05) is 6.54 Å². The summed E-state index contributed by atoms with van der Waals surface area (Å²) in [4.78, 5) is 22.8. The molecule has 0 bridgehead atoms. The second-order valence-corrected chi connectivity index (χ2v) is 4.49. The Morgan fingerprint density at radius 1 is 1.65 bits per heavy atom. The summed E-state index contributed by atoms with van der Waals surface area (Å²) in [5.74, 6) is -0.548. The molecule has 7 heteroatoms. The lowest BCUT2D eigenvalue weighted by atomic mass is 10.1. The van der Waals surface area contributed by atoms with Crippen LogP contribution in [0.3, 0.4) is 0 Å². The molecule has 0 aliphatic rings. The first kappa shape index (κ1) is 13.5. The smallest absolute Gasteiger partial charge is 0.287 e. The van der Waals surface area contributed by atoms with Crippen molar-refractivity contribution in [1.29, 1.82) is 0 Å². The lowest BCUT2D eigenvalue weighted by Crippen LogP contribution is -2.45. The van der Waals surface area contributed by atoms with Crippen LogP contribution >= 0.6 is 11.6 Å². The van der Waals surface area contributed by atoms with Crippen LogP contribution in [0.1, 0.15) is 20.8 Å². The molecule has 0 saturated carbocycles. The van der Waals surface area contributed by atoms with Crippen LogP contribution in [-0.2, 0) is 11.3 Å². The van der Waals surface area contributed by atoms with Crippen molar-refractivity contribution >= 4 is 23.2 Å². The van der Waals surface area contributed by atoms with Crippen LogP contribution < -0.4 is 16.6 Å². The van der Waals surface area contributed by atoms with E-state index in [1.807, 2.05) is 0 Å². The van der Waals surface area contributed by atoms with Crippen LogP contribution in [0, 0.1) is 0 Å². The number of aryl methyl sites for hydroxylation is 1. The molecule has 0 atom stereocenters. The van der Waals surface area contributed by atoms with Crippen molar-refractivity contribution in [2.24, 2.45) is 5.73 Å². The minimum absolute atomic E-state index is 0.00354. The maximum Gasteiger partial charge on any atom is 0.287 e. The topological polar surface area (TPSA) is 90.0 Å². The fourth-order valence-electron chi connectivity index (χ4n) is 1.18. The Morgan fingerprint density at radius 2 is 2.24 bits per heavy atom. The van der Waals surface area contributed by atoms with Gasteiger partial charge in [0.2, 0.25) is 5.91 Å². The number of primary amides is 1. The van der Waals surface area contributed by atoms with E-state index in [-0.39, 0.29) is 5.02 Å². The molecule has 6 nitrogen and oxygen atoms in total. The van der Waals surface area contributed by atoms with Crippen LogP contribution in [0.5, 0.6) is 0 Å². The zero-order valence-electron chi connectivity index (χ0n) is 9.95. The van der Waals surface area contributed by atoms with E-state index >= 15 is 0 Å². The average Bonchev–Trinajstić information content (AvgIpc) is 2.25. The monoisotopic (exact) mass is 258 g/mol. The molecule has 0 saturated heterocycles. The van der Waals surface area contributed by atoms with Crippen LogP contribution in [-0.4, -0.2) is 21.2 Å². The fraction of sp³-hybridized carbons (Fsp3) is 0.500. The summed E-state index contributed by atoms with van der Waals surface area (Å²) < 4.78 is 1.23. The summed E-state index contributed by atoms with van der Waals surface area (Å²) in [6, 6.07) is 0. The normalized spacial score (nSPS) is 11.3. The fourth-order valence-corrected chi connectivity index (χ4v) is 1.37.